The molecular formula is C28H29N3O5S2. The fourth-order valence-electron chi connectivity index (χ4n) is 4.90. The summed E-state index contributed by atoms with van der Waals surface area (Å²) >= 11 is 0. The average Bonchev–Trinajstić information content (AvgIpc) is 3.50. The van der Waals surface area contributed by atoms with Gasteiger partial charge in [-0.2, -0.15) is 0 Å². The van der Waals surface area contributed by atoms with Gasteiger partial charge in [-0.05, 0) is 63.1 Å². The molecule has 1 atom stereocenters. The Morgan fingerprint density at radius 2 is 1.24 bits per heavy atom. The van der Waals surface area contributed by atoms with E-state index >= 15 is 0 Å². The fraction of sp³-hybridized carbons (Fsp3) is 0.250. The van der Waals surface area contributed by atoms with Gasteiger partial charge in [0, 0.05) is 12.2 Å². The lowest BCUT2D eigenvalue weighted by Gasteiger charge is -2.31. The normalized spacial score (nSPS) is 18.3. The molecule has 0 spiro atoms. The van der Waals surface area contributed by atoms with Crippen LogP contribution in [0.1, 0.15) is 23.1 Å². The van der Waals surface area contributed by atoms with E-state index in [1.807, 2.05) is 32.9 Å². The van der Waals surface area contributed by atoms with Crippen molar-refractivity contribution in [3.63, 3.8) is 0 Å². The van der Waals surface area contributed by atoms with E-state index in [9.17, 15) is 21.6 Å². The zero-order valence-electron chi connectivity index (χ0n) is 21.4. The summed E-state index contributed by atoms with van der Waals surface area (Å²) < 4.78 is 56.8. The van der Waals surface area contributed by atoms with Gasteiger partial charge in [0.1, 0.15) is 0 Å². The van der Waals surface area contributed by atoms with Crippen molar-refractivity contribution >= 4 is 31.8 Å². The molecule has 0 radical (unpaired) electrons. The summed E-state index contributed by atoms with van der Waals surface area (Å²) in [6, 6.07) is 18.6. The SMILES string of the molecule is Cc1ccc(S(=O)(=O)N2CC(C3=CCCN3S(=O)(=O)c3ccc(C)cc3)N(c3ccccc3C)C2=O)cc1. The highest BCUT2D eigenvalue weighted by molar-refractivity contribution is 7.90. The zero-order valence-corrected chi connectivity index (χ0v) is 23.0. The highest BCUT2D eigenvalue weighted by atomic mass is 32.2. The molecule has 38 heavy (non-hydrogen) atoms. The van der Waals surface area contributed by atoms with E-state index in [0.717, 1.165) is 21.0 Å². The molecule has 2 aliphatic heterocycles. The van der Waals surface area contributed by atoms with Crippen LogP contribution in [0.5, 0.6) is 0 Å². The Hall–Kier alpha value is -3.63. The topological polar surface area (TPSA) is 95.1 Å². The number of rotatable bonds is 6. The van der Waals surface area contributed by atoms with Crippen LogP contribution in [0.25, 0.3) is 0 Å². The molecule has 1 unspecified atom stereocenters. The molecule has 8 nitrogen and oxygen atoms in total. The van der Waals surface area contributed by atoms with Crippen LogP contribution in [-0.2, 0) is 20.0 Å². The van der Waals surface area contributed by atoms with Crippen LogP contribution in [-0.4, -0.2) is 50.6 Å². The van der Waals surface area contributed by atoms with E-state index < -0.39 is 32.1 Å². The molecule has 0 aliphatic carbocycles. The number of benzene rings is 3. The number of amides is 2. The summed E-state index contributed by atoms with van der Waals surface area (Å²) in [5.41, 5.74) is 3.52. The third kappa shape index (κ3) is 4.37. The van der Waals surface area contributed by atoms with E-state index in [-0.39, 0.29) is 22.9 Å². The number of sulfonamides is 2. The fourth-order valence-corrected chi connectivity index (χ4v) is 7.82. The number of anilines is 1. The monoisotopic (exact) mass is 551 g/mol. The first kappa shape index (κ1) is 26.0. The molecule has 2 heterocycles. The summed E-state index contributed by atoms with van der Waals surface area (Å²) in [5, 5.41) is 0. The maximum atomic E-state index is 13.9. The van der Waals surface area contributed by atoms with Crippen LogP contribution in [0.2, 0.25) is 0 Å². The first-order valence-corrected chi connectivity index (χ1v) is 15.2. The van der Waals surface area contributed by atoms with Crippen LogP contribution in [0, 0.1) is 20.8 Å². The number of hydrogen-bond acceptors (Lipinski definition) is 5. The lowest BCUT2D eigenvalue weighted by atomic mass is 10.1. The molecule has 2 aliphatic rings. The summed E-state index contributed by atoms with van der Waals surface area (Å²) in [4.78, 5) is 15.4. The molecule has 3 aromatic carbocycles. The third-order valence-corrected chi connectivity index (χ3v) is 10.6. The lowest BCUT2D eigenvalue weighted by Crippen LogP contribution is -2.42. The van der Waals surface area contributed by atoms with Crippen molar-refractivity contribution in [2.75, 3.05) is 18.0 Å². The second kappa shape index (κ2) is 9.59. The minimum Gasteiger partial charge on any atom is -0.282 e. The van der Waals surface area contributed by atoms with Crippen LogP contribution < -0.4 is 4.90 Å². The largest absolute Gasteiger partial charge is 0.339 e. The van der Waals surface area contributed by atoms with Gasteiger partial charge in [0.05, 0.1) is 28.1 Å². The van der Waals surface area contributed by atoms with E-state index in [0.29, 0.717) is 17.8 Å². The molecule has 0 aromatic heterocycles. The average molecular weight is 552 g/mol. The van der Waals surface area contributed by atoms with Gasteiger partial charge >= 0.3 is 6.03 Å². The molecule has 2 amide bonds. The van der Waals surface area contributed by atoms with Crippen LogP contribution in [0.15, 0.2) is 94.4 Å². The van der Waals surface area contributed by atoms with Crippen molar-refractivity contribution in [1.29, 1.82) is 0 Å². The van der Waals surface area contributed by atoms with Crippen molar-refractivity contribution in [3.05, 3.63) is 101 Å². The first-order chi connectivity index (χ1) is 18.0. The number of carbonyl (C=O) groups excluding carboxylic acids is 1. The molecule has 0 saturated carbocycles. The smallest absolute Gasteiger partial charge is 0.282 e. The number of para-hydroxylation sites is 1. The van der Waals surface area contributed by atoms with Gasteiger partial charge in [-0.15, -0.1) is 0 Å². The Morgan fingerprint density at radius 1 is 0.711 bits per heavy atom. The van der Waals surface area contributed by atoms with Crippen molar-refractivity contribution in [1.82, 2.24) is 8.61 Å². The van der Waals surface area contributed by atoms with Gasteiger partial charge in [-0.1, -0.05) is 59.7 Å². The minimum atomic E-state index is -4.18. The van der Waals surface area contributed by atoms with Crippen molar-refractivity contribution in [2.45, 2.75) is 43.0 Å². The molecule has 1 saturated heterocycles. The summed E-state index contributed by atoms with van der Waals surface area (Å²) in [5.74, 6) is 0. The summed E-state index contributed by atoms with van der Waals surface area (Å²) in [7, 11) is -8.11. The highest BCUT2D eigenvalue weighted by Gasteiger charge is 2.49. The van der Waals surface area contributed by atoms with Crippen LogP contribution in [0.3, 0.4) is 0 Å². The van der Waals surface area contributed by atoms with E-state index in [1.165, 1.54) is 21.3 Å². The standard InChI is InChI=1S/C28H29N3O5S2/c1-20-10-14-23(15-11-20)37(33,34)29-18-6-9-26(29)27-19-30(38(35,36)24-16-12-21(2)13-17-24)28(32)31(27)25-8-5-4-7-22(25)3/h4-5,7-17,27H,6,18-19H2,1-3H3. The molecule has 0 bridgehead atoms. The lowest BCUT2D eigenvalue weighted by molar-refractivity contribution is 0.239. The quantitative estimate of drug-likeness (QED) is 0.447. The number of aryl methyl sites for hydroxylation is 3. The second-order valence-corrected chi connectivity index (χ2v) is 13.3. The van der Waals surface area contributed by atoms with Crippen molar-refractivity contribution < 1.29 is 21.6 Å². The number of hydrogen-bond donors (Lipinski definition) is 0. The Balaban J connectivity index is 1.59. The first-order valence-electron chi connectivity index (χ1n) is 12.3. The van der Waals surface area contributed by atoms with Gasteiger partial charge in [0.15, 0.2) is 0 Å². The summed E-state index contributed by atoms with van der Waals surface area (Å²) in [6.07, 6.45) is 2.24. The van der Waals surface area contributed by atoms with Crippen molar-refractivity contribution in [2.24, 2.45) is 0 Å². The third-order valence-electron chi connectivity index (χ3n) is 6.98. The van der Waals surface area contributed by atoms with Crippen LogP contribution in [0.4, 0.5) is 10.5 Å². The van der Waals surface area contributed by atoms with E-state index in [4.69, 9.17) is 0 Å². The summed E-state index contributed by atoms with van der Waals surface area (Å²) in [6.45, 7) is 5.56. The van der Waals surface area contributed by atoms with Gasteiger partial charge in [0.25, 0.3) is 20.0 Å². The van der Waals surface area contributed by atoms with Gasteiger partial charge < -0.3 is 0 Å². The van der Waals surface area contributed by atoms with Crippen LogP contribution >= 0.6 is 0 Å². The van der Waals surface area contributed by atoms with Gasteiger partial charge in [0.2, 0.25) is 0 Å². The minimum absolute atomic E-state index is 0.00590. The Labute approximate surface area is 223 Å². The number of nitrogens with zero attached hydrogens (tertiary/aromatic N) is 3. The molecule has 10 heteroatoms. The maximum absolute atomic E-state index is 13.9. The Bertz CT molecular complexity index is 1630. The molecule has 1 fully saturated rings. The van der Waals surface area contributed by atoms with Gasteiger partial charge in [-0.3, -0.25) is 9.21 Å². The predicted molar refractivity (Wildman–Crippen MR) is 146 cm³/mol. The Morgan fingerprint density at radius 3 is 1.79 bits per heavy atom. The van der Waals surface area contributed by atoms with E-state index in [2.05, 4.69) is 0 Å². The molecular weight excluding hydrogens is 522 g/mol. The van der Waals surface area contributed by atoms with Crippen molar-refractivity contribution in [3.8, 4) is 0 Å². The van der Waals surface area contributed by atoms with E-state index in [1.54, 1.807) is 54.6 Å². The highest BCUT2D eigenvalue weighted by Crippen LogP contribution is 2.38. The number of carbonyl (C=O) groups is 1. The second-order valence-electron chi connectivity index (χ2n) is 9.61. The zero-order chi connectivity index (χ0) is 27.2. The molecule has 3 aromatic rings. The molecule has 5 rings (SSSR count). The Kier molecular flexibility index (Phi) is 6.56. The number of urea groups is 1. The predicted octanol–water partition coefficient (Wildman–Crippen LogP) is 4.59. The molecule has 198 valence electrons. The van der Waals surface area contributed by atoms with Gasteiger partial charge in [-0.25, -0.2) is 25.9 Å². The maximum Gasteiger partial charge on any atom is 0.339 e. The molecule has 0 N–H and O–H groups in total.